The van der Waals surface area contributed by atoms with Crippen LogP contribution in [0.5, 0.6) is 0 Å². The van der Waals surface area contributed by atoms with Crippen LogP contribution in [0, 0.1) is 11.7 Å². The van der Waals surface area contributed by atoms with E-state index in [9.17, 15) is 22.4 Å². The number of sulfone groups is 1. The summed E-state index contributed by atoms with van der Waals surface area (Å²) in [6, 6.07) is 4.43. The maximum atomic E-state index is 14.6. The quantitative estimate of drug-likeness (QED) is 0.774. The number of nitrogens with one attached hydrogen (secondary N) is 1. The topological polar surface area (TPSA) is 96.0 Å². The molecule has 8 nitrogen and oxygen atoms in total. The second kappa shape index (κ2) is 7.23. The van der Waals surface area contributed by atoms with Gasteiger partial charge in [-0.25, -0.2) is 17.6 Å². The summed E-state index contributed by atoms with van der Waals surface area (Å²) >= 11 is 0. The van der Waals surface area contributed by atoms with Crippen molar-refractivity contribution >= 4 is 33.2 Å². The third kappa shape index (κ3) is 4.06. The lowest BCUT2D eigenvalue weighted by Crippen LogP contribution is -2.40. The van der Waals surface area contributed by atoms with Crippen molar-refractivity contribution in [1.29, 1.82) is 0 Å². The lowest BCUT2D eigenvalue weighted by molar-refractivity contribution is -0.122. The van der Waals surface area contributed by atoms with Crippen molar-refractivity contribution in [1.82, 2.24) is 5.32 Å². The Kier molecular flexibility index (Phi) is 4.90. The molecule has 1 aromatic rings. The lowest BCUT2D eigenvalue weighted by Gasteiger charge is -2.29. The maximum Gasteiger partial charge on any atom is 0.414 e. The minimum atomic E-state index is -3.05. The Balaban J connectivity index is 1.39. The highest BCUT2D eigenvalue weighted by Gasteiger charge is 2.35. The molecule has 1 N–H and O–H groups in total. The molecule has 1 aromatic carbocycles. The zero-order chi connectivity index (χ0) is 19.9. The van der Waals surface area contributed by atoms with Gasteiger partial charge in [-0.2, -0.15) is 0 Å². The summed E-state index contributed by atoms with van der Waals surface area (Å²) in [5, 5.41) is 2.78. The number of hydrogen-bond donors (Lipinski definition) is 1. The van der Waals surface area contributed by atoms with Gasteiger partial charge in [0.2, 0.25) is 5.91 Å². The maximum absolute atomic E-state index is 14.6. The van der Waals surface area contributed by atoms with E-state index in [1.807, 2.05) is 0 Å². The third-order valence-electron chi connectivity index (χ3n) is 5.25. The molecule has 0 aromatic heterocycles. The molecule has 3 aliphatic rings. The number of cyclic esters (lactones) is 1. The molecule has 1 saturated carbocycles. The Labute approximate surface area is 162 Å². The fourth-order valence-electron chi connectivity index (χ4n) is 3.42. The van der Waals surface area contributed by atoms with Gasteiger partial charge in [0.05, 0.1) is 36.0 Å². The minimum absolute atomic E-state index is 0.000893. The van der Waals surface area contributed by atoms with Crippen LogP contribution in [0.1, 0.15) is 12.8 Å². The Morgan fingerprint density at radius 1 is 1.25 bits per heavy atom. The summed E-state index contributed by atoms with van der Waals surface area (Å²) < 4.78 is 43.0. The van der Waals surface area contributed by atoms with Crippen LogP contribution in [0.3, 0.4) is 0 Å². The van der Waals surface area contributed by atoms with Gasteiger partial charge in [0, 0.05) is 19.0 Å². The number of carbonyl (C=O) groups is 2. The highest BCUT2D eigenvalue weighted by atomic mass is 32.2. The first kappa shape index (κ1) is 19.0. The van der Waals surface area contributed by atoms with Gasteiger partial charge in [-0.15, -0.1) is 0 Å². The molecule has 0 bridgehead atoms. The summed E-state index contributed by atoms with van der Waals surface area (Å²) in [5.41, 5.74) is 0.686. The van der Waals surface area contributed by atoms with Crippen molar-refractivity contribution in [2.45, 2.75) is 18.9 Å². The van der Waals surface area contributed by atoms with Gasteiger partial charge in [0.1, 0.15) is 11.9 Å². The van der Waals surface area contributed by atoms with Gasteiger partial charge in [-0.1, -0.05) is 0 Å². The molecular weight excluding hydrogens is 389 g/mol. The predicted octanol–water partition coefficient (Wildman–Crippen LogP) is 0.912. The van der Waals surface area contributed by atoms with Crippen LogP contribution in [0.15, 0.2) is 18.2 Å². The van der Waals surface area contributed by atoms with Gasteiger partial charge in [-0.05, 0) is 31.0 Å². The molecule has 2 saturated heterocycles. The molecule has 10 heteroatoms. The summed E-state index contributed by atoms with van der Waals surface area (Å²) in [6.45, 7) is 0.950. The molecule has 152 valence electrons. The first-order valence-electron chi connectivity index (χ1n) is 9.33. The highest BCUT2D eigenvalue weighted by molar-refractivity contribution is 7.91. The average molecular weight is 411 g/mol. The van der Waals surface area contributed by atoms with Crippen molar-refractivity contribution in [2.24, 2.45) is 5.92 Å². The number of nitrogens with zero attached hydrogens (tertiary/aromatic N) is 2. The Bertz CT molecular complexity index is 888. The Morgan fingerprint density at radius 3 is 2.61 bits per heavy atom. The molecule has 2 heterocycles. The van der Waals surface area contributed by atoms with Gasteiger partial charge in [-0.3, -0.25) is 9.69 Å². The van der Waals surface area contributed by atoms with Crippen LogP contribution in [0.25, 0.3) is 0 Å². The number of rotatable bonds is 5. The second-order valence-electron chi connectivity index (χ2n) is 7.41. The first-order valence-corrected chi connectivity index (χ1v) is 11.2. The van der Waals surface area contributed by atoms with E-state index >= 15 is 0 Å². The molecule has 3 fully saturated rings. The molecule has 2 amide bonds. The third-order valence-corrected chi connectivity index (χ3v) is 6.86. The van der Waals surface area contributed by atoms with E-state index in [0.717, 1.165) is 12.8 Å². The van der Waals surface area contributed by atoms with Crippen LogP contribution in [-0.2, 0) is 19.4 Å². The highest BCUT2D eigenvalue weighted by Crippen LogP contribution is 2.30. The summed E-state index contributed by atoms with van der Waals surface area (Å²) in [6.07, 6.45) is 0.737. The molecule has 1 atom stereocenters. The Hall–Kier alpha value is -2.36. The number of hydrogen-bond acceptors (Lipinski definition) is 6. The molecule has 28 heavy (non-hydrogen) atoms. The fourth-order valence-corrected chi connectivity index (χ4v) is 4.62. The van der Waals surface area contributed by atoms with Gasteiger partial charge < -0.3 is 15.0 Å². The van der Waals surface area contributed by atoms with E-state index in [1.54, 1.807) is 17.0 Å². The van der Waals surface area contributed by atoms with Crippen molar-refractivity contribution in [3.05, 3.63) is 24.0 Å². The number of carbonyl (C=O) groups excluding carboxylic acids is 2. The Morgan fingerprint density at radius 2 is 1.96 bits per heavy atom. The van der Waals surface area contributed by atoms with E-state index in [-0.39, 0.29) is 49.5 Å². The molecule has 4 rings (SSSR count). The zero-order valence-corrected chi connectivity index (χ0v) is 16.1. The van der Waals surface area contributed by atoms with E-state index < -0.39 is 27.9 Å². The number of benzene rings is 1. The van der Waals surface area contributed by atoms with Crippen LogP contribution in [0.2, 0.25) is 0 Å². The van der Waals surface area contributed by atoms with E-state index in [2.05, 4.69) is 5.32 Å². The smallest absolute Gasteiger partial charge is 0.414 e. The van der Waals surface area contributed by atoms with Crippen LogP contribution in [0.4, 0.5) is 20.6 Å². The lowest BCUT2D eigenvalue weighted by atomic mass is 10.2. The molecule has 0 spiro atoms. The number of ether oxygens (including phenoxy) is 1. The average Bonchev–Trinajstić information content (AvgIpc) is 3.43. The predicted molar refractivity (Wildman–Crippen MR) is 101 cm³/mol. The second-order valence-corrected chi connectivity index (χ2v) is 9.71. The summed E-state index contributed by atoms with van der Waals surface area (Å²) in [4.78, 5) is 26.9. The largest absolute Gasteiger partial charge is 0.442 e. The van der Waals surface area contributed by atoms with E-state index in [1.165, 1.54) is 11.0 Å². The molecule has 0 radical (unpaired) electrons. The van der Waals surface area contributed by atoms with E-state index in [4.69, 9.17) is 4.74 Å². The van der Waals surface area contributed by atoms with Crippen molar-refractivity contribution < 1.29 is 27.1 Å². The molecular formula is C18H22FN3O5S. The van der Waals surface area contributed by atoms with Crippen LogP contribution in [-0.4, -0.2) is 64.2 Å². The van der Waals surface area contributed by atoms with Crippen LogP contribution >= 0.6 is 0 Å². The monoisotopic (exact) mass is 411 g/mol. The molecule has 1 aliphatic carbocycles. The van der Waals surface area contributed by atoms with Crippen molar-refractivity contribution in [3.63, 3.8) is 0 Å². The number of halogens is 1. The molecule has 2 aliphatic heterocycles. The number of amides is 2. The van der Waals surface area contributed by atoms with Gasteiger partial charge in [0.15, 0.2) is 9.84 Å². The normalized spacial score (nSPS) is 24.2. The SMILES string of the molecule is O=C(NC[C@H]1CN(c2ccc(N3CCS(=O)(=O)CC3)c(F)c2)C(=O)O1)C1CC1. The van der Waals surface area contributed by atoms with Crippen LogP contribution < -0.4 is 15.1 Å². The fraction of sp³-hybridized carbons (Fsp3) is 0.556. The van der Waals surface area contributed by atoms with Crippen molar-refractivity contribution in [3.8, 4) is 0 Å². The van der Waals surface area contributed by atoms with Gasteiger partial charge in [0.25, 0.3) is 0 Å². The molecule has 0 unspecified atom stereocenters. The first-order chi connectivity index (χ1) is 13.3. The van der Waals surface area contributed by atoms with E-state index in [0.29, 0.717) is 11.4 Å². The summed E-state index contributed by atoms with van der Waals surface area (Å²) in [5.74, 6) is -0.454. The minimum Gasteiger partial charge on any atom is -0.442 e. The standard InChI is InChI=1S/C18H22FN3O5S/c19-15-9-13(3-4-16(15)21-5-7-28(25,26)8-6-21)22-11-14(27-18(22)24)10-20-17(23)12-1-2-12/h3-4,9,12,14H,1-2,5-8,10-11H2,(H,20,23)/t14-/m0/s1. The zero-order valence-electron chi connectivity index (χ0n) is 15.3. The number of anilines is 2. The van der Waals surface area contributed by atoms with Crippen molar-refractivity contribution in [2.75, 3.05) is 47.5 Å². The van der Waals surface area contributed by atoms with Gasteiger partial charge >= 0.3 is 6.09 Å². The summed E-state index contributed by atoms with van der Waals surface area (Å²) in [7, 11) is -3.05.